The van der Waals surface area contributed by atoms with Crippen LogP contribution < -0.4 is 18.3 Å². The Kier molecular flexibility index (Phi) is 8.00. The highest BCUT2D eigenvalue weighted by Crippen LogP contribution is 2.58. The van der Waals surface area contributed by atoms with Crippen LogP contribution in [0.1, 0.15) is 83.1 Å². The summed E-state index contributed by atoms with van der Waals surface area (Å²) in [6.45, 7) is 31.2. The lowest BCUT2D eigenvalue weighted by molar-refractivity contribution is 0.420. The largest absolute Gasteiger partial charge is 0.414 e. The lowest BCUT2D eigenvalue weighted by Crippen LogP contribution is -2.85. The molecule has 0 radical (unpaired) electrons. The highest BCUT2D eigenvalue weighted by molar-refractivity contribution is 7.75. The van der Waals surface area contributed by atoms with Crippen molar-refractivity contribution < 1.29 is 0 Å². The van der Waals surface area contributed by atoms with Gasteiger partial charge in [0.15, 0.2) is 0 Å². The van der Waals surface area contributed by atoms with Crippen LogP contribution in [0.25, 0.3) is 0 Å². The van der Waals surface area contributed by atoms with Gasteiger partial charge >= 0.3 is 14.4 Å². The van der Waals surface area contributed by atoms with Crippen LogP contribution >= 0.6 is 22.2 Å². The molecule has 0 saturated carbocycles. The number of fused-ring (bicyclic) bond motifs is 2. The Bertz CT molecular complexity index is 1040. The number of halogens is 2. The Balaban J connectivity index is 2.08. The SMILES string of the molecule is CC(C)(C)CN1c2ccccc2N(CC(C)(C)C)[Si]1(Cl)[Si]1(Cl)N(CC(C)(C)C)c2ccccc2N1CC(C)(C)C. The van der Waals surface area contributed by atoms with Crippen LogP contribution in [0.5, 0.6) is 0 Å². The fourth-order valence-electron chi connectivity index (χ4n) is 6.12. The van der Waals surface area contributed by atoms with Crippen molar-refractivity contribution in [2.75, 3.05) is 44.4 Å². The molecule has 0 bridgehead atoms. The van der Waals surface area contributed by atoms with Gasteiger partial charge in [-0.3, -0.25) is 0 Å². The first-order chi connectivity index (χ1) is 18.1. The van der Waals surface area contributed by atoms with Crippen molar-refractivity contribution in [1.82, 2.24) is 0 Å². The molecule has 2 aromatic carbocycles. The smallest absolute Gasteiger partial charge is 0.366 e. The molecule has 0 fully saturated rings. The monoisotopic (exact) mass is 618 g/mol. The minimum atomic E-state index is -3.19. The summed E-state index contributed by atoms with van der Waals surface area (Å²) in [7, 11) is -6.38. The third kappa shape index (κ3) is 5.80. The normalized spacial score (nSPS) is 18.9. The molecule has 0 unspecified atom stereocenters. The summed E-state index contributed by atoms with van der Waals surface area (Å²) in [6.07, 6.45) is 0. The van der Waals surface area contributed by atoms with Crippen molar-refractivity contribution in [2.24, 2.45) is 21.7 Å². The van der Waals surface area contributed by atoms with Crippen LogP contribution in [0.3, 0.4) is 0 Å². The summed E-state index contributed by atoms with van der Waals surface area (Å²) < 4.78 is 10.4. The first-order valence-corrected chi connectivity index (χ1v) is 21.6. The summed E-state index contributed by atoms with van der Waals surface area (Å²) in [5.74, 6) is 0. The number of anilines is 4. The molecule has 0 N–H and O–H groups in total. The number of hydrogen-bond donors (Lipinski definition) is 0. The highest BCUT2D eigenvalue weighted by atomic mass is 35.6. The summed E-state index contributed by atoms with van der Waals surface area (Å²) >= 11 is 17.2. The van der Waals surface area contributed by atoms with E-state index in [0.29, 0.717) is 0 Å². The number of benzene rings is 2. The molecule has 4 nitrogen and oxygen atoms in total. The Morgan fingerprint density at radius 1 is 0.425 bits per heavy atom. The number of nitrogens with zero attached hydrogens (tertiary/aromatic N) is 4. The van der Waals surface area contributed by atoms with Crippen LogP contribution in [-0.4, -0.2) is 40.6 Å². The van der Waals surface area contributed by atoms with Crippen LogP contribution in [0.2, 0.25) is 0 Å². The summed E-state index contributed by atoms with van der Waals surface area (Å²) in [5.41, 5.74) is 5.08. The molecule has 2 aromatic rings. The zero-order chi connectivity index (χ0) is 30.1. The van der Waals surface area contributed by atoms with Crippen molar-refractivity contribution in [3.05, 3.63) is 48.5 Å². The molecule has 0 atom stereocenters. The lowest BCUT2D eigenvalue weighted by atomic mass is 9.96. The first kappa shape index (κ1) is 31.6. The molecule has 0 amide bonds. The standard InChI is InChI=1S/C32H52Cl2N4Si2/c1-29(2,3)21-35-25-17-13-14-18-26(25)36(22-30(4,5)6)39(35,33)40(34)37(23-31(7,8)9)27-19-15-16-20-28(27)38(40)24-32(10,11)12/h13-20H,21-24H2,1-12H3. The van der Waals surface area contributed by atoms with Gasteiger partial charge in [0, 0.05) is 26.2 Å². The lowest BCUT2D eigenvalue weighted by Gasteiger charge is -2.54. The summed E-state index contributed by atoms with van der Waals surface area (Å²) in [5, 5.41) is 0. The molecule has 0 spiro atoms. The van der Waals surface area contributed by atoms with Gasteiger partial charge in [-0.1, -0.05) is 107 Å². The Labute approximate surface area is 256 Å². The van der Waals surface area contributed by atoms with E-state index in [-0.39, 0.29) is 21.7 Å². The molecule has 8 heteroatoms. The Hall–Kier alpha value is -1.35. The van der Waals surface area contributed by atoms with E-state index in [9.17, 15) is 0 Å². The number of para-hydroxylation sites is 4. The van der Waals surface area contributed by atoms with Gasteiger partial charge in [-0.05, 0) is 45.9 Å². The van der Waals surface area contributed by atoms with E-state index in [1.54, 1.807) is 0 Å². The summed E-state index contributed by atoms with van der Waals surface area (Å²) in [6, 6.07) is 17.7. The predicted octanol–water partition coefficient (Wildman–Crippen LogP) is 9.26. The molecule has 40 heavy (non-hydrogen) atoms. The van der Waals surface area contributed by atoms with Crippen LogP contribution in [0.15, 0.2) is 48.5 Å². The minimum absolute atomic E-state index is 0.0365. The van der Waals surface area contributed by atoms with Gasteiger partial charge in [0.1, 0.15) is 0 Å². The quantitative estimate of drug-likeness (QED) is 0.244. The molecule has 0 aliphatic carbocycles. The first-order valence-electron chi connectivity index (χ1n) is 14.8. The maximum Gasteiger partial charge on any atom is 0.414 e. The van der Waals surface area contributed by atoms with Crippen LogP contribution in [0, 0.1) is 21.7 Å². The zero-order valence-electron chi connectivity index (χ0n) is 27.0. The second-order valence-electron chi connectivity index (χ2n) is 16.7. The van der Waals surface area contributed by atoms with Crippen molar-refractivity contribution >= 4 is 59.4 Å². The molecule has 2 aliphatic rings. The minimum Gasteiger partial charge on any atom is -0.366 e. The molecule has 2 aliphatic heterocycles. The second-order valence-corrected chi connectivity index (χ2v) is 30.5. The Morgan fingerprint density at radius 2 is 0.600 bits per heavy atom. The fraction of sp³-hybridized carbons (Fsp3) is 0.625. The van der Waals surface area contributed by atoms with Gasteiger partial charge in [0.05, 0.1) is 22.7 Å². The van der Waals surface area contributed by atoms with E-state index in [1.165, 1.54) is 22.7 Å². The van der Waals surface area contributed by atoms with Crippen LogP contribution in [-0.2, 0) is 0 Å². The second kappa shape index (κ2) is 10.1. The molecule has 222 valence electrons. The third-order valence-corrected chi connectivity index (χ3v) is 26.3. The molecule has 2 heterocycles. The van der Waals surface area contributed by atoms with Crippen molar-refractivity contribution in [1.29, 1.82) is 0 Å². The average molecular weight is 620 g/mol. The molecule has 4 rings (SSSR count). The topological polar surface area (TPSA) is 13.0 Å². The van der Waals surface area contributed by atoms with E-state index in [2.05, 4.69) is 150 Å². The molecular formula is C32H52Cl2N4Si2. The van der Waals surface area contributed by atoms with Gasteiger partial charge in [0.25, 0.3) is 0 Å². The van der Waals surface area contributed by atoms with Gasteiger partial charge < -0.3 is 18.3 Å². The molecule has 0 aromatic heterocycles. The number of hydrogen-bond acceptors (Lipinski definition) is 4. The molecule has 0 saturated heterocycles. The van der Waals surface area contributed by atoms with E-state index in [0.717, 1.165) is 26.2 Å². The Morgan fingerprint density at radius 3 is 0.750 bits per heavy atom. The number of rotatable bonds is 5. The summed E-state index contributed by atoms with van der Waals surface area (Å²) in [4.78, 5) is 0. The zero-order valence-corrected chi connectivity index (χ0v) is 30.5. The maximum absolute atomic E-state index is 8.60. The fourth-order valence-corrected chi connectivity index (χ4v) is 24.8. The van der Waals surface area contributed by atoms with Crippen molar-refractivity contribution in [3.63, 3.8) is 0 Å². The van der Waals surface area contributed by atoms with Gasteiger partial charge in [0.2, 0.25) is 0 Å². The van der Waals surface area contributed by atoms with Crippen LogP contribution in [0.4, 0.5) is 22.7 Å². The predicted molar refractivity (Wildman–Crippen MR) is 183 cm³/mol. The van der Waals surface area contributed by atoms with Gasteiger partial charge in [-0.15, -0.1) is 22.2 Å². The van der Waals surface area contributed by atoms with Crippen molar-refractivity contribution in [3.8, 4) is 0 Å². The average Bonchev–Trinajstić information content (AvgIpc) is 3.14. The van der Waals surface area contributed by atoms with E-state index < -0.39 is 14.4 Å². The van der Waals surface area contributed by atoms with E-state index in [1.807, 2.05) is 0 Å². The highest BCUT2D eigenvalue weighted by Gasteiger charge is 2.77. The van der Waals surface area contributed by atoms with Crippen molar-refractivity contribution in [2.45, 2.75) is 83.1 Å². The maximum atomic E-state index is 8.60. The molecular weight excluding hydrogens is 567 g/mol. The third-order valence-electron chi connectivity index (χ3n) is 7.29. The van der Waals surface area contributed by atoms with E-state index in [4.69, 9.17) is 22.2 Å². The van der Waals surface area contributed by atoms with Gasteiger partial charge in [-0.25, -0.2) is 0 Å². The van der Waals surface area contributed by atoms with E-state index >= 15 is 0 Å². The van der Waals surface area contributed by atoms with Gasteiger partial charge in [-0.2, -0.15) is 0 Å².